The van der Waals surface area contributed by atoms with Crippen LogP contribution in [0.4, 0.5) is 29.6 Å². The van der Waals surface area contributed by atoms with Crippen LogP contribution < -0.4 is 20.7 Å². The Labute approximate surface area is 221 Å². The molecule has 0 unspecified atom stereocenters. The van der Waals surface area contributed by atoms with Crippen molar-refractivity contribution in [2.75, 3.05) is 30.3 Å². The van der Waals surface area contributed by atoms with Crippen molar-refractivity contribution in [3.63, 3.8) is 0 Å². The first kappa shape index (κ1) is 26.2. The molecule has 13 heteroatoms. The van der Waals surface area contributed by atoms with Gasteiger partial charge in [-0.3, -0.25) is 4.68 Å². The van der Waals surface area contributed by atoms with E-state index in [0.29, 0.717) is 23.5 Å². The number of halogens is 3. The van der Waals surface area contributed by atoms with E-state index in [1.165, 1.54) is 0 Å². The Morgan fingerprint density at radius 1 is 1.18 bits per heavy atom. The van der Waals surface area contributed by atoms with Crippen LogP contribution in [0, 0.1) is 5.92 Å². The number of fused-ring (bicyclic) bond motifs is 1. The predicted octanol–water partition coefficient (Wildman–Crippen LogP) is 3.58. The molecule has 1 fully saturated rings. The second-order valence-corrected chi connectivity index (χ2v) is 9.34. The number of nitrogens with one attached hydrogen (secondary N) is 1. The number of rotatable bonds is 7. The molecule has 4 heterocycles. The largest absolute Gasteiger partial charge is 0.438 e. The highest BCUT2D eigenvalue weighted by Crippen LogP contribution is 2.35. The lowest BCUT2D eigenvalue weighted by molar-refractivity contribution is -0.142. The van der Waals surface area contributed by atoms with Crippen LogP contribution in [0.15, 0.2) is 55.0 Å². The van der Waals surface area contributed by atoms with Crippen molar-refractivity contribution in [2.45, 2.75) is 25.7 Å². The van der Waals surface area contributed by atoms with E-state index in [1.807, 2.05) is 0 Å². The highest BCUT2D eigenvalue weighted by molar-refractivity contribution is 5.91. The molecule has 1 saturated heterocycles. The average Bonchev–Trinajstić information content (AvgIpc) is 3.55. The average molecular weight is 542 g/mol. The first-order chi connectivity index (χ1) is 18.7. The third kappa shape index (κ3) is 6.03. The van der Waals surface area contributed by atoms with Gasteiger partial charge < -0.3 is 25.8 Å². The van der Waals surface area contributed by atoms with Crippen LogP contribution in [0.5, 0.6) is 5.75 Å². The lowest BCUT2D eigenvalue weighted by atomic mass is 10.1. The van der Waals surface area contributed by atoms with Gasteiger partial charge in [-0.05, 0) is 41.1 Å². The summed E-state index contributed by atoms with van der Waals surface area (Å²) in [6.45, 7) is 1.62. The van der Waals surface area contributed by atoms with Crippen molar-refractivity contribution in [3.8, 4) is 5.75 Å². The van der Waals surface area contributed by atoms with Gasteiger partial charge in [0.25, 0.3) is 0 Å². The summed E-state index contributed by atoms with van der Waals surface area (Å²) in [4.78, 5) is 22.8. The minimum absolute atomic E-state index is 0.00428. The van der Waals surface area contributed by atoms with Crippen LogP contribution in [0.2, 0.25) is 0 Å². The highest BCUT2D eigenvalue weighted by Gasteiger charge is 2.39. The van der Waals surface area contributed by atoms with Crippen LogP contribution in [0.1, 0.15) is 23.2 Å². The number of aromatic nitrogens is 4. The molecule has 1 amide bonds. The quantitative estimate of drug-likeness (QED) is 0.324. The zero-order valence-corrected chi connectivity index (χ0v) is 20.7. The number of carbonyl (C=O) groups excluding carboxylic acids is 1. The van der Waals surface area contributed by atoms with Crippen molar-refractivity contribution < 1.29 is 27.8 Å². The Bertz CT molecular complexity index is 1470. The van der Waals surface area contributed by atoms with Gasteiger partial charge in [-0.15, -0.1) is 0 Å². The lowest BCUT2D eigenvalue weighted by Crippen LogP contribution is -2.27. The van der Waals surface area contributed by atoms with E-state index < -0.39 is 23.7 Å². The van der Waals surface area contributed by atoms with Gasteiger partial charge in [-0.1, -0.05) is 18.2 Å². The topological polar surface area (TPSA) is 131 Å². The number of pyridine rings is 2. The molecule has 204 valence electrons. The maximum Gasteiger partial charge on any atom is 0.438 e. The maximum absolute atomic E-state index is 13.6. The number of anilines is 2. The predicted molar refractivity (Wildman–Crippen MR) is 137 cm³/mol. The second-order valence-electron chi connectivity index (χ2n) is 9.34. The number of benzene rings is 1. The normalized spacial score (nSPS) is 15.6. The van der Waals surface area contributed by atoms with E-state index in [4.69, 9.17) is 10.5 Å². The Balaban J connectivity index is 1.24. The molecule has 1 aliphatic rings. The number of amides is 1. The van der Waals surface area contributed by atoms with Gasteiger partial charge in [0.2, 0.25) is 5.69 Å². The Morgan fingerprint density at radius 2 is 2.00 bits per heavy atom. The van der Waals surface area contributed by atoms with E-state index in [-0.39, 0.29) is 25.6 Å². The third-order valence-electron chi connectivity index (χ3n) is 6.52. The number of nitrogens with zero attached hydrogens (tertiary/aromatic N) is 5. The molecule has 4 aromatic rings. The molecule has 5 rings (SSSR count). The number of hydrogen-bond acceptors (Lipinski definition) is 8. The van der Waals surface area contributed by atoms with Crippen LogP contribution >= 0.6 is 0 Å². The van der Waals surface area contributed by atoms with Crippen molar-refractivity contribution in [1.82, 2.24) is 25.1 Å². The van der Waals surface area contributed by atoms with E-state index in [0.717, 1.165) is 40.4 Å². The van der Waals surface area contributed by atoms with Crippen LogP contribution in [-0.4, -0.2) is 50.6 Å². The summed E-state index contributed by atoms with van der Waals surface area (Å²) in [5, 5.41) is 17.0. The van der Waals surface area contributed by atoms with Gasteiger partial charge in [0.05, 0.1) is 12.7 Å². The maximum atomic E-state index is 13.6. The van der Waals surface area contributed by atoms with Gasteiger partial charge in [0.1, 0.15) is 11.6 Å². The third-order valence-corrected chi connectivity index (χ3v) is 6.52. The molecule has 1 aliphatic heterocycles. The minimum atomic E-state index is -4.83. The van der Waals surface area contributed by atoms with Crippen molar-refractivity contribution in [3.05, 3.63) is 71.8 Å². The van der Waals surface area contributed by atoms with Gasteiger partial charge in [0.15, 0.2) is 5.75 Å². The molecule has 0 radical (unpaired) electrons. The zero-order chi connectivity index (χ0) is 27.6. The fourth-order valence-corrected chi connectivity index (χ4v) is 4.50. The highest BCUT2D eigenvalue weighted by atomic mass is 19.4. The molecule has 1 aromatic carbocycles. The number of nitrogen functional groups attached to an aromatic ring is 1. The number of aliphatic hydroxyl groups excluding tert-OH is 1. The number of aliphatic hydroxyl groups is 1. The molecule has 3 aromatic heterocycles. The van der Waals surface area contributed by atoms with E-state index in [2.05, 4.69) is 25.3 Å². The minimum Gasteiger partial charge on any atom is -0.406 e. The summed E-state index contributed by atoms with van der Waals surface area (Å²) in [6.07, 6.45) is -0.837. The van der Waals surface area contributed by atoms with Crippen LogP contribution in [0.25, 0.3) is 10.8 Å². The molecule has 4 N–H and O–H groups in total. The SMILES string of the molecule is Nc1nccc2cc(CNC(=O)Oc3cn(Cc4ccc(N5CC[C@@H](CO)C5)nc4)nc3C(F)(F)F)ccc12. The molecule has 0 aliphatic carbocycles. The van der Waals surface area contributed by atoms with Gasteiger partial charge in [0, 0.05) is 49.9 Å². The fraction of sp³-hybridized carbons (Fsp3) is 0.308. The smallest absolute Gasteiger partial charge is 0.406 e. The molecular formula is C26H26F3N7O3. The summed E-state index contributed by atoms with van der Waals surface area (Å²) < 4.78 is 46.9. The first-order valence-corrected chi connectivity index (χ1v) is 12.2. The summed E-state index contributed by atoms with van der Waals surface area (Å²) in [5.74, 6) is 0.613. The monoisotopic (exact) mass is 541 g/mol. The summed E-state index contributed by atoms with van der Waals surface area (Å²) >= 11 is 0. The van der Waals surface area contributed by atoms with Crippen molar-refractivity contribution >= 4 is 28.5 Å². The number of hydrogen-bond donors (Lipinski definition) is 3. The number of alkyl halides is 3. The Morgan fingerprint density at radius 3 is 2.72 bits per heavy atom. The standard InChI is InChI=1S/C26H26F3N7O3/c27-26(28,29)23-21(39-25(38)33-10-16-1-3-20-19(9-16)5-7-31-24(20)30)14-36(34-23)13-17-2-4-22(32-11-17)35-8-6-18(12-35)15-37/h1-5,7,9,11,14,18,37H,6,8,10,12-13,15H2,(H2,30,31)(H,33,38)/t18-/m1/s1. The second kappa shape index (κ2) is 10.8. The van der Waals surface area contributed by atoms with Gasteiger partial charge in [-0.2, -0.15) is 18.3 Å². The molecule has 0 spiro atoms. The molecule has 1 atom stereocenters. The Hall–Kier alpha value is -4.39. The van der Waals surface area contributed by atoms with Gasteiger partial charge in [-0.25, -0.2) is 14.8 Å². The Kier molecular flexibility index (Phi) is 7.24. The van der Waals surface area contributed by atoms with Gasteiger partial charge >= 0.3 is 12.3 Å². The first-order valence-electron chi connectivity index (χ1n) is 12.2. The summed E-state index contributed by atoms with van der Waals surface area (Å²) in [5.41, 5.74) is 5.86. The van der Waals surface area contributed by atoms with Crippen molar-refractivity contribution in [2.24, 2.45) is 5.92 Å². The summed E-state index contributed by atoms with van der Waals surface area (Å²) in [6, 6.07) is 10.6. The summed E-state index contributed by atoms with van der Waals surface area (Å²) in [7, 11) is 0. The van der Waals surface area contributed by atoms with Crippen molar-refractivity contribution in [1.29, 1.82) is 0 Å². The van der Waals surface area contributed by atoms with Crippen LogP contribution in [0.3, 0.4) is 0 Å². The van der Waals surface area contributed by atoms with Crippen LogP contribution in [-0.2, 0) is 19.3 Å². The molecule has 0 bridgehead atoms. The van der Waals surface area contributed by atoms with E-state index in [1.54, 1.807) is 48.8 Å². The lowest BCUT2D eigenvalue weighted by Gasteiger charge is -2.17. The number of ether oxygens (including phenoxy) is 1. The molecule has 0 saturated carbocycles. The zero-order valence-electron chi connectivity index (χ0n) is 20.7. The molecule has 10 nitrogen and oxygen atoms in total. The molecule has 39 heavy (non-hydrogen) atoms. The fourth-order valence-electron chi connectivity index (χ4n) is 4.50. The van der Waals surface area contributed by atoms with E-state index >= 15 is 0 Å². The molecular weight excluding hydrogens is 515 g/mol. The number of carbonyl (C=O) groups is 1. The van der Waals surface area contributed by atoms with E-state index in [9.17, 15) is 23.1 Å². The number of nitrogens with two attached hydrogens (primary N) is 1.